The summed E-state index contributed by atoms with van der Waals surface area (Å²) in [6, 6.07) is 15.9. The van der Waals surface area contributed by atoms with Gasteiger partial charge in [-0.25, -0.2) is 9.97 Å². The minimum atomic E-state index is 0.232. The molecule has 0 saturated carbocycles. The van der Waals surface area contributed by atoms with Crippen molar-refractivity contribution in [2.45, 2.75) is 0 Å². The molecule has 2 aromatic carbocycles. The van der Waals surface area contributed by atoms with Gasteiger partial charge in [0.2, 0.25) is 12.7 Å². The second kappa shape index (κ2) is 6.70. The van der Waals surface area contributed by atoms with E-state index in [0.29, 0.717) is 11.7 Å². The Hall–Kier alpha value is -3.87. The first kappa shape index (κ1) is 16.3. The summed E-state index contributed by atoms with van der Waals surface area (Å²) in [5.74, 6) is 2.72. The zero-order chi connectivity index (χ0) is 18.9. The fraction of sp³-hybridized carbons (Fsp3) is 0.0952. The molecule has 1 N–H and O–H groups in total. The van der Waals surface area contributed by atoms with Gasteiger partial charge in [0.25, 0.3) is 0 Å². The molecule has 2 aromatic heterocycles. The number of rotatable bonds is 4. The van der Waals surface area contributed by atoms with E-state index in [9.17, 15) is 0 Å². The number of nitrogens with one attached hydrogen (secondary N) is 1. The smallest absolute Gasteiger partial charge is 0.237 e. The van der Waals surface area contributed by atoms with Crippen LogP contribution < -0.4 is 14.8 Å². The first-order chi connectivity index (χ1) is 13.8. The van der Waals surface area contributed by atoms with Gasteiger partial charge in [0.05, 0.1) is 11.3 Å². The van der Waals surface area contributed by atoms with Crippen molar-refractivity contribution in [3.05, 3.63) is 67.3 Å². The molecule has 0 atom stereocenters. The summed E-state index contributed by atoms with van der Waals surface area (Å²) in [4.78, 5) is 13.7. The number of nitrogens with zero attached hydrogens (tertiary/aromatic N) is 4. The Morgan fingerprint density at radius 3 is 2.61 bits per heavy atom. The van der Waals surface area contributed by atoms with Crippen LogP contribution in [0.2, 0.25) is 0 Å². The van der Waals surface area contributed by atoms with E-state index in [0.717, 1.165) is 34.0 Å². The molecule has 138 valence electrons. The maximum Gasteiger partial charge on any atom is 0.237 e. The largest absolute Gasteiger partial charge is 0.454 e. The van der Waals surface area contributed by atoms with Gasteiger partial charge in [-0.2, -0.15) is 4.98 Å². The lowest BCUT2D eigenvalue weighted by molar-refractivity contribution is 0.174. The van der Waals surface area contributed by atoms with Gasteiger partial charge in [0.1, 0.15) is 12.1 Å². The predicted molar refractivity (Wildman–Crippen MR) is 106 cm³/mol. The molecule has 28 heavy (non-hydrogen) atoms. The van der Waals surface area contributed by atoms with Crippen LogP contribution in [0.15, 0.2) is 67.3 Å². The van der Waals surface area contributed by atoms with Gasteiger partial charge in [0, 0.05) is 25.0 Å². The zero-order valence-electron chi connectivity index (χ0n) is 15.2. The number of hydrogen-bond donors (Lipinski definition) is 1. The number of ether oxygens (including phenoxy) is 2. The molecule has 0 fully saturated rings. The molecule has 1 aliphatic heterocycles. The number of benzene rings is 2. The highest BCUT2D eigenvalue weighted by Gasteiger charge is 2.21. The summed E-state index contributed by atoms with van der Waals surface area (Å²) >= 11 is 0. The van der Waals surface area contributed by atoms with Crippen molar-refractivity contribution in [1.82, 2.24) is 19.5 Å². The molecule has 5 rings (SSSR count). The van der Waals surface area contributed by atoms with Crippen LogP contribution in [0.25, 0.3) is 28.3 Å². The summed E-state index contributed by atoms with van der Waals surface area (Å²) in [7, 11) is 1.86. The highest BCUT2D eigenvalue weighted by molar-refractivity contribution is 5.89. The molecule has 0 aliphatic carbocycles. The standard InChI is InChI=1S/C21H17N5O2/c1-22-20-18(14-5-3-2-4-6-14)19(24-21(25-20)26-10-9-23-12-26)15-7-8-16-17(11-15)28-13-27-16/h2-12H,13H2,1H3,(H,22,24,25). The van der Waals surface area contributed by atoms with Crippen molar-refractivity contribution >= 4 is 5.82 Å². The van der Waals surface area contributed by atoms with E-state index in [2.05, 4.69) is 10.3 Å². The maximum absolute atomic E-state index is 5.57. The van der Waals surface area contributed by atoms with Gasteiger partial charge >= 0.3 is 0 Å². The van der Waals surface area contributed by atoms with Gasteiger partial charge in [-0.3, -0.25) is 4.57 Å². The average Bonchev–Trinajstić information content (AvgIpc) is 3.45. The van der Waals surface area contributed by atoms with Gasteiger partial charge in [-0.1, -0.05) is 30.3 Å². The molecule has 7 heteroatoms. The first-order valence-corrected chi connectivity index (χ1v) is 8.87. The van der Waals surface area contributed by atoms with Gasteiger partial charge < -0.3 is 14.8 Å². The van der Waals surface area contributed by atoms with E-state index >= 15 is 0 Å². The lowest BCUT2D eigenvalue weighted by atomic mass is 9.99. The second-order valence-corrected chi connectivity index (χ2v) is 6.25. The molecule has 0 spiro atoms. The van der Waals surface area contributed by atoms with Crippen LogP contribution in [0.3, 0.4) is 0 Å². The number of anilines is 1. The second-order valence-electron chi connectivity index (χ2n) is 6.25. The van der Waals surface area contributed by atoms with Crippen LogP contribution in [-0.4, -0.2) is 33.4 Å². The highest BCUT2D eigenvalue weighted by atomic mass is 16.7. The molecular formula is C21H17N5O2. The van der Waals surface area contributed by atoms with Crippen molar-refractivity contribution in [2.75, 3.05) is 19.2 Å². The maximum atomic E-state index is 5.57. The molecule has 0 bridgehead atoms. The van der Waals surface area contributed by atoms with Crippen LogP contribution >= 0.6 is 0 Å². The van der Waals surface area contributed by atoms with E-state index < -0.39 is 0 Å². The van der Waals surface area contributed by atoms with Crippen LogP contribution in [0, 0.1) is 0 Å². The van der Waals surface area contributed by atoms with E-state index in [-0.39, 0.29) is 6.79 Å². The van der Waals surface area contributed by atoms with Crippen molar-refractivity contribution in [3.8, 4) is 39.8 Å². The number of fused-ring (bicyclic) bond motifs is 1. The third kappa shape index (κ3) is 2.73. The molecular weight excluding hydrogens is 354 g/mol. The summed E-state index contributed by atoms with van der Waals surface area (Å²) in [5, 5.41) is 3.22. The Morgan fingerprint density at radius 2 is 1.82 bits per heavy atom. The van der Waals surface area contributed by atoms with E-state index in [4.69, 9.17) is 19.4 Å². The normalized spacial score (nSPS) is 12.2. The van der Waals surface area contributed by atoms with Crippen molar-refractivity contribution in [3.63, 3.8) is 0 Å². The summed E-state index contributed by atoms with van der Waals surface area (Å²) in [6.07, 6.45) is 5.20. The Labute approximate surface area is 161 Å². The first-order valence-electron chi connectivity index (χ1n) is 8.87. The Balaban J connectivity index is 1.78. The molecule has 4 aromatic rings. The lowest BCUT2D eigenvalue weighted by Crippen LogP contribution is -2.07. The third-order valence-corrected chi connectivity index (χ3v) is 4.58. The molecule has 3 heterocycles. The van der Waals surface area contributed by atoms with Gasteiger partial charge in [-0.05, 0) is 23.8 Å². The van der Waals surface area contributed by atoms with E-state index in [1.165, 1.54) is 0 Å². The van der Waals surface area contributed by atoms with Crippen molar-refractivity contribution in [2.24, 2.45) is 0 Å². The Morgan fingerprint density at radius 1 is 0.964 bits per heavy atom. The molecule has 0 amide bonds. The molecule has 0 radical (unpaired) electrons. The minimum absolute atomic E-state index is 0.232. The van der Waals surface area contributed by atoms with Crippen molar-refractivity contribution in [1.29, 1.82) is 0 Å². The quantitative estimate of drug-likeness (QED) is 0.589. The third-order valence-electron chi connectivity index (χ3n) is 4.58. The van der Waals surface area contributed by atoms with Gasteiger partial charge in [-0.15, -0.1) is 0 Å². The monoisotopic (exact) mass is 371 g/mol. The summed E-state index contributed by atoms with van der Waals surface area (Å²) in [6.45, 7) is 0.232. The Bertz CT molecular complexity index is 1130. The van der Waals surface area contributed by atoms with Gasteiger partial charge in [0.15, 0.2) is 11.5 Å². The van der Waals surface area contributed by atoms with Crippen LogP contribution in [0.4, 0.5) is 5.82 Å². The average molecular weight is 371 g/mol. The fourth-order valence-electron chi connectivity index (χ4n) is 3.25. The van der Waals surface area contributed by atoms with E-state index in [1.54, 1.807) is 17.1 Å². The zero-order valence-corrected chi connectivity index (χ0v) is 15.2. The molecule has 1 aliphatic rings. The molecule has 0 unspecified atom stereocenters. The molecule has 0 saturated heterocycles. The highest BCUT2D eigenvalue weighted by Crippen LogP contribution is 2.40. The summed E-state index contributed by atoms with van der Waals surface area (Å²) in [5.41, 5.74) is 3.67. The van der Waals surface area contributed by atoms with E-state index in [1.807, 2.05) is 61.8 Å². The number of imidazole rings is 1. The SMILES string of the molecule is CNc1nc(-n2ccnc2)nc(-c2ccc3c(c2)OCO3)c1-c1ccccc1. The number of aromatic nitrogens is 4. The summed E-state index contributed by atoms with van der Waals surface area (Å²) < 4.78 is 12.8. The topological polar surface area (TPSA) is 74.1 Å². The van der Waals surface area contributed by atoms with Crippen LogP contribution in [0.5, 0.6) is 11.5 Å². The fourth-order valence-corrected chi connectivity index (χ4v) is 3.25. The lowest BCUT2D eigenvalue weighted by Gasteiger charge is -2.16. The molecule has 7 nitrogen and oxygen atoms in total. The Kier molecular flexibility index (Phi) is 3.90. The minimum Gasteiger partial charge on any atom is -0.454 e. The predicted octanol–water partition coefficient (Wildman–Crippen LogP) is 3.77. The van der Waals surface area contributed by atoms with Crippen LogP contribution in [-0.2, 0) is 0 Å². The van der Waals surface area contributed by atoms with Crippen molar-refractivity contribution < 1.29 is 9.47 Å². The number of hydrogen-bond acceptors (Lipinski definition) is 6. The van der Waals surface area contributed by atoms with Crippen LogP contribution in [0.1, 0.15) is 0 Å².